The molecule has 0 aromatic heterocycles. The molecule has 0 spiro atoms. The summed E-state index contributed by atoms with van der Waals surface area (Å²) in [5, 5.41) is 18.5. The first kappa shape index (κ1) is 15.9. The third-order valence-electron chi connectivity index (χ3n) is 2.52. The Bertz CT molecular complexity index is 470. The van der Waals surface area contributed by atoms with Crippen LogP contribution in [0.4, 0.5) is 0 Å². The van der Waals surface area contributed by atoms with Gasteiger partial charge in [0.2, 0.25) is 5.91 Å². The van der Waals surface area contributed by atoms with Crippen molar-refractivity contribution in [3.05, 3.63) is 17.7 Å². The molecule has 1 atom stereocenters. The van der Waals surface area contributed by atoms with Crippen LogP contribution < -0.4 is 15.2 Å². The molecule has 1 rings (SSSR count). The van der Waals surface area contributed by atoms with E-state index in [9.17, 15) is 14.4 Å². The van der Waals surface area contributed by atoms with E-state index in [1.807, 2.05) is 0 Å². The van der Waals surface area contributed by atoms with Crippen LogP contribution >= 0.6 is 0 Å². The number of aliphatic hydroxyl groups is 2. The minimum atomic E-state index is -2.34. The lowest BCUT2D eigenvalue weighted by Crippen LogP contribution is -2.41. The summed E-state index contributed by atoms with van der Waals surface area (Å²) in [6.07, 6.45) is -0.231. The number of benzene rings is 1. The van der Waals surface area contributed by atoms with Crippen molar-refractivity contribution < 1.29 is 23.9 Å². The Morgan fingerprint density at radius 3 is 2.26 bits per heavy atom. The lowest BCUT2D eigenvalue weighted by molar-refractivity contribution is -0.153. The minimum absolute atomic E-state index is 0.231. The molecule has 0 saturated carbocycles. The molecular formula is C12H19NO5S. The van der Waals surface area contributed by atoms with Crippen molar-refractivity contribution in [3.63, 3.8) is 0 Å². The maximum absolute atomic E-state index is 11.9. The highest BCUT2D eigenvalue weighted by Crippen LogP contribution is 2.32. The second-order valence-corrected chi connectivity index (χ2v) is 5.71. The van der Waals surface area contributed by atoms with Gasteiger partial charge in [-0.15, -0.1) is 0 Å². The van der Waals surface area contributed by atoms with Crippen molar-refractivity contribution in [2.75, 3.05) is 20.0 Å². The molecule has 0 fully saturated rings. The molecule has 1 unspecified atom stereocenters. The number of rotatable bonds is 6. The molecule has 0 bridgehead atoms. The van der Waals surface area contributed by atoms with Crippen LogP contribution in [0.15, 0.2) is 17.0 Å². The van der Waals surface area contributed by atoms with Gasteiger partial charge in [-0.05, 0) is 6.07 Å². The van der Waals surface area contributed by atoms with Gasteiger partial charge in [-0.3, -0.25) is 9.94 Å². The number of hydrogen-bond donors (Lipinski definition) is 3. The summed E-state index contributed by atoms with van der Waals surface area (Å²) < 4.78 is 22.2. The molecule has 108 valence electrons. The van der Waals surface area contributed by atoms with E-state index >= 15 is 0 Å². The zero-order chi connectivity index (χ0) is 14.6. The molecule has 6 nitrogen and oxygen atoms in total. The van der Waals surface area contributed by atoms with Crippen LogP contribution in [0.2, 0.25) is 0 Å². The number of ether oxygens (including phenoxy) is 2. The monoisotopic (exact) mass is 289 g/mol. The molecule has 1 aromatic carbocycles. The van der Waals surface area contributed by atoms with E-state index < -0.39 is 16.7 Å². The van der Waals surface area contributed by atoms with Gasteiger partial charge < -0.3 is 19.7 Å². The van der Waals surface area contributed by atoms with Gasteiger partial charge in [0.15, 0.2) is 0 Å². The first-order chi connectivity index (χ1) is 8.82. The van der Waals surface area contributed by atoms with E-state index in [2.05, 4.69) is 0 Å². The summed E-state index contributed by atoms with van der Waals surface area (Å²) in [4.78, 5) is 0.504. The van der Waals surface area contributed by atoms with Gasteiger partial charge in [0.1, 0.15) is 11.5 Å². The minimum Gasteiger partial charge on any atom is -0.496 e. The highest BCUT2D eigenvalue weighted by atomic mass is 32.2. The third kappa shape index (κ3) is 4.17. The Kier molecular flexibility index (Phi) is 5.30. The van der Waals surface area contributed by atoms with Gasteiger partial charge >= 0.3 is 0 Å². The van der Waals surface area contributed by atoms with Crippen LogP contribution in [-0.4, -0.2) is 40.3 Å². The Labute approximate surface area is 114 Å². The fourth-order valence-corrected chi connectivity index (χ4v) is 2.60. The fourth-order valence-electron chi connectivity index (χ4n) is 1.68. The first-order valence-corrected chi connectivity index (χ1v) is 7.01. The molecule has 0 heterocycles. The zero-order valence-electron chi connectivity index (χ0n) is 11.2. The van der Waals surface area contributed by atoms with E-state index in [4.69, 9.17) is 15.2 Å². The molecule has 0 amide bonds. The van der Waals surface area contributed by atoms with Crippen molar-refractivity contribution in [1.29, 1.82) is 0 Å². The average Bonchev–Trinajstić information content (AvgIpc) is 2.35. The number of methoxy groups -OCH3 is 2. The molecule has 4 N–H and O–H groups in total. The summed E-state index contributed by atoms with van der Waals surface area (Å²) in [5.41, 5.74) is 5.62. The molecule has 7 heteroatoms. The van der Waals surface area contributed by atoms with Crippen LogP contribution in [0.1, 0.15) is 12.5 Å². The molecule has 0 radical (unpaired) electrons. The van der Waals surface area contributed by atoms with Crippen LogP contribution in [0, 0.1) is 0 Å². The quantitative estimate of drug-likeness (QED) is 0.636. The maximum atomic E-state index is 11.9. The second kappa shape index (κ2) is 6.33. The summed E-state index contributed by atoms with van der Waals surface area (Å²) in [6.45, 7) is 1.79. The van der Waals surface area contributed by atoms with Gasteiger partial charge in [-0.1, -0.05) is 6.92 Å². The topological polar surface area (TPSA) is 102 Å². The van der Waals surface area contributed by atoms with Gasteiger partial charge in [0, 0.05) is 23.8 Å². The van der Waals surface area contributed by atoms with Crippen LogP contribution in [0.25, 0.3) is 0 Å². The van der Waals surface area contributed by atoms with Crippen molar-refractivity contribution in [2.24, 2.45) is 5.73 Å². The van der Waals surface area contributed by atoms with Crippen LogP contribution in [0.3, 0.4) is 0 Å². The average molecular weight is 289 g/mol. The lowest BCUT2D eigenvalue weighted by Gasteiger charge is -2.19. The smallest absolute Gasteiger partial charge is 0.224 e. The van der Waals surface area contributed by atoms with Crippen molar-refractivity contribution >= 4 is 10.8 Å². The van der Waals surface area contributed by atoms with E-state index in [1.54, 1.807) is 19.1 Å². The molecule has 1 aromatic rings. The fraction of sp³-hybridized carbons (Fsp3) is 0.500. The number of hydrogen-bond acceptors (Lipinski definition) is 6. The standard InChI is InChI=1S/C12H19NO5S/c1-4-19(16)11-6-9(17-2)8(5-10(11)18-3)7-12(13,14)15/h5-6,14-15H,4,7,13H2,1-3H3. The van der Waals surface area contributed by atoms with Gasteiger partial charge in [-0.25, -0.2) is 0 Å². The van der Waals surface area contributed by atoms with Crippen molar-refractivity contribution in [2.45, 2.75) is 24.2 Å². The normalized spacial score (nSPS) is 13.2. The van der Waals surface area contributed by atoms with Crippen LogP contribution in [0.5, 0.6) is 11.5 Å². The SMILES string of the molecule is CCS(=O)c1cc(OC)c(CC(N)(O)O)cc1OC. The van der Waals surface area contributed by atoms with Crippen LogP contribution in [-0.2, 0) is 17.2 Å². The molecular weight excluding hydrogens is 270 g/mol. The van der Waals surface area contributed by atoms with Crippen molar-refractivity contribution in [3.8, 4) is 11.5 Å². The van der Waals surface area contributed by atoms with E-state index in [0.29, 0.717) is 27.7 Å². The largest absolute Gasteiger partial charge is 0.496 e. The molecule has 0 saturated heterocycles. The molecule has 0 aliphatic carbocycles. The van der Waals surface area contributed by atoms with Crippen molar-refractivity contribution in [1.82, 2.24) is 0 Å². The lowest BCUT2D eigenvalue weighted by atomic mass is 10.1. The Morgan fingerprint density at radius 2 is 1.84 bits per heavy atom. The molecule has 19 heavy (non-hydrogen) atoms. The third-order valence-corrected chi connectivity index (χ3v) is 3.86. The predicted octanol–water partition coefficient (Wildman–Crippen LogP) is -0.0291. The van der Waals surface area contributed by atoms with Gasteiger partial charge in [0.25, 0.3) is 0 Å². The van der Waals surface area contributed by atoms with Gasteiger partial charge in [0.05, 0.1) is 29.9 Å². The second-order valence-electron chi connectivity index (χ2n) is 4.00. The number of nitrogens with two attached hydrogens (primary N) is 1. The first-order valence-electron chi connectivity index (χ1n) is 5.69. The van der Waals surface area contributed by atoms with E-state index in [0.717, 1.165) is 0 Å². The van der Waals surface area contributed by atoms with E-state index in [-0.39, 0.29) is 6.42 Å². The Morgan fingerprint density at radius 1 is 1.26 bits per heavy atom. The highest BCUT2D eigenvalue weighted by molar-refractivity contribution is 7.85. The zero-order valence-corrected chi connectivity index (χ0v) is 12.0. The Balaban J connectivity index is 3.31. The van der Waals surface area contributed by atoms with E-state index in [1.165, 1.54) is 14.2 Å². The maximum Gasteiger partial charge on any atom is 0.224 e. The molecule has 0 aliphatic heterocycles. The summed E-state index contributed by atoms with van der Waals surface area (Å²) in [7, 11) is 1.69. The summed E-state index contributed by atoms with van der Waals surface area (Å²) >= 11 is 0. The summed E-state index contributed by atoms with van der Waals surface area (Å²) in [5.74, 6) is -1.11. The molecule has 0 aliphatic rings. The predicted molar refractivity (Wildman–Crippen MR) is 71.6 cm³/mol. The van der Waals surface area contributed by atoms with Gasteiger partial charge in [-0.2, -0.15) is 0 Å². The summed E-state index contributed by atoms with van der Waals surface area (Å²) in [6, 6.07) is 3.12. The Hall–Kier alpha value is -1.15. The highest BCUT2D eigenvalue weighted by Gasteiger charge is 2.22.